The number of esters is 1. The normalized spacial score (nSPS) is 10.6. The highest BCUT2D eigenvalue weighted by Crippen LogP contribution is 2.23. The fraction of sp³-hybridized carbons (Fsp3) is 0.364. The molecule has 0 saturated carbocycles. The maximum Gasteiger partial charge on any atom is 0.339 e. The number of rotatable bonds is 8. The van der Waals surface area contributed by atoms with Crippen LogP contribution in [0.25, 0.3) is 0 Å². The van der Waals surface area contributed by atoms with Crippen LogP contribution in [0, 0.1) is 6.92 Å². The Balaban J connectivity index is 1.82. The number of carbonyl (C=O) groups is 2. The number of anilines is 1. The monoisotopic (exact) mass is 369 g/mol. The van der Waals surface area contributed by atoms with Crippen molar-refractivity contribution in [2.45, 2.75) is 39.5 Å². The van der Waals surface area contributed by atoms with Gasteiger partial charge in [0.05, 0.1) is 25.0 Å². The molecule has 0 aliphatic rings. The summed E-state index contributed by atoms with van der Waals surface area (Å²) in [7, 11) is 1.31. The number of nitrogens with one attached hydrogen (secondary N) is 1. The summed E-state index contributed by atoms with van der Waals surface area (Å²) in [6, 6.07) is 12.9. The smallest absolute Gasteiger partial charge is 0.339 e. The summed E-state index contributed by atoms with van der Waals surface area (Å²) in [5, 5.41) is 2.76. The van der Waals surface area contributed by atoms with Gasteiger partial charge in [0, 0.05) is 6.42 Å². The average Bonchev–Trinajstić information content (AvgIpc) is 2.65. The largest absolute Gasteiger partial charge is 0.494 e. The van der Waals surface area contributed by atoms with Gasteiger partial charge in [0.15, 0.2) is 0 Å². The predicted octanol–water partition coefficient (Wildman–Crippen LogP) is 4.70. The number of amides is 1. The van der Waals surface area contributed by atoms with Gasteiger partial charge < -0.3 is 14.8 Å². The lowest BCUT2D eigenvalue weighted by Gasteiger charge is -2.13. The van der Waals surface area contributed by atoms with Crippen molar-refractivity contribution >= 4 is 17.6 Å². The van der Waals surface area contributed by atoms with Gasteiger partial charge in [-0.15, -0.1) is 0 Å². The molecule has 2 aromatic rings. The molecule has 5 nitrogen and oxygen atoms in total. The van der Waals surface area contributed by atoms with Gasteiger partial charge in [-0.05, 0) is 54.7 Å². The van der Waals surface area contributed by atoms with Crippen LogP contribution < -0.4 is 10.1 Å². The second-order valence-corrected chi connectivity index (χ2v) is 6.71. The van der Waals surface area contributed by atoms with Crippen LogP contribution in [-0.4, -0.2) is 25.6 Å². The molecule has 0 spiro atoms. The number of carbonyl (C=O) groups excluding carboxylic acids is 2. The van der Waals surface area contributed by atoms with E-state index in [1.807, 2.05) is 12.1 Å². The Bertz CT molecular complexity index is 799. The van der Waals surface area contributed by atoms with Gasteiger partial charge in [-0.2, -0.15) is 0 Å². The van der Waals surface area contributed by atoms with E-state index < -0.39 is 5.97 Å². The summed E-state index contributed by atoms with van der Waals surface area (Å²) in [5.41, 5.74) is 3.31. The summed E-state index contributed by atoms with van der Waals surface area (Å²) in [6.45, 7) is 6.86. The van der Waals surface area contributed by atoms with Gasteiger partial charge >= 0.3 is 5.97 Å². The molecular weight excluding hydrogens is 342 g/mol. The van der Waals surface area contributed by atoms with E-state index in [1.165, 1.54) is 18.2 Å². The molecule has 1 amide bonds. The van der Waals surface area contributed by atoms with E-state index in [-0.39, 0.29) is 5.91 Å². The van der Waals surface area contributed by atoms with Crippen LogP contribution in [0.5, 0.6) is 5.75 Å². The molecule has 2 aromatic carbocycles. The highest BCUT2D eigenvalue weighted by atomic mass is 16.5. The molecule has 0 aromatic heterocycles. The Morgan fingerprint density at radius 2 is 1.85 bits per heavy atom. The van der Waals surface area contributed by atoms with Crippen LogP contribution in [0.3, 0.4) is 0 Å². The first kappa shape index (κ1) is 20.5. The van der Waals surface area contributed by atoms with Gasteiger partial charge in [0.2, 0.25) is 5.91 Å². The first-order chi connectivity index (χ1) is 12.9. The quantitative estimate of drug-likeness (QED) is 0.541. The minimum absolute atomic E-state index is 0.165. The van der Waals surface area contributed by atoms with E-state index in [0.29, 0.717) is 36.6 Å². The van der Waals surface area contributed by atoms with Crippen LogP contribution in [-0.2, 0) is 9.53 Å². The Hall–Kier alpha value is -2.82. The second kappa shape index (κ2) is 9.76. The van der Waals surface area contributed by atoms with Gasteiger partial charge in [0.25, 0.3) is 0 Å². The van der Waals surface area contributed by atoms with Crippen LogP contribution >= 0.6 is 0 Å². The predicted molar refractivity (Wildman–Crippen MR) is 106 cm³/mol. The van der Waals surface area contributed by atoms with Crippen molar-refractivity contribution in [2.75, 3.05) is 19.0 Å². The fourth-order valence-corrected chi connectivity index (χ4v) is 2.90. The number of benzene rings is 2. The molecule has 0 radical (unpaired) electrons. The van der Waals surface area contributed by atoms with Crippen molar-refractivity contribution in [2.24, 2.45) is 0 Å². The van der Waals surface area contributed by atoms with Gasteiger partial charge in [-0.1, -0.05) is 32.0 Å². The molecule has 0 heterocycles. The molecule has 144 valence electrons. The van der Waals surface area contributed by atoms with Crippen molar-refractivity contribution in [3.63, 3.8) is 0 Å². The zero-order chi connectivity index (χ0) is 19.8. The Morgan fingerprint density at radius 1 is 1.11 bits per heavy atom. The Labute approximate surface area is 160 Å². The van der Waals surface area contributed by atoms with E-state index in [9.17, 15) is 9.59 Å². The minimum atomic E-state index is -0.477. The lowest BCUT2D eigenvalue weighted by Crippen LogP contribution is -2.15. The summed E-state index contributed by atoms with van der Waals surface area (Å²) < 4.78 is 10.5. The number of aryl methyl sites for hydroxylation is 1. The lowest BCUT2D eigenvalue weighted by atomic mass is 9.98. The lowest BCUT2D eigenvalue weighted by molar-refractivity contribution is -0.116. The topological polar surface area (TPSA) is 64.6 Å². The van der Waals surface area contributed by atoms with E-state index >= 15 is 0 Å². The third-order valence-corrected chi connectivity index (χ3v) is 4.29. The van der Waals surface area contributed by atoms with E-state index in [1.54, 1.807) is 24.3 Å². The Kier molecular flexibility index (Phi) is 7.41. The molecule has 0 aliphatic carbocycles. The van der Waals surface area contributed by atoms with Crippen LogP contribution in [0.15, 0.2) is 42.5 Å². The summed E-state index contributed by atoms with van der Waals surface area (Å²) >= 11 is 0. The van der Waals surface area contributed by atoms with Crippen LogP contribution in [0.1, 0.15) is 54.1 Å². The number of methoxy groups -OCH3 is 1. The maximum atomic E-state index is 12.1. The second-order valence-electron chi connectivity index (χ2n) is 6.71. The van der Waals surface area contributed by atoms with E-state index in [4.69, 9.17) is 9.47 Å². The first-order valence-electron chi connectivity index (χ1n) is 9.13. The number of ether oxygens (including phenoxy) is 2. The molecule has 0 fully saturated rings. The van der Waals surface area contributed by atoms with Crippen LogP contribution in [0.4, 0.5) is 5.69 Å². The molecule has 5 heteroatoms. The summed E-state index contributed by atoms with van der Waals surface area (Å²) in [4.78, 5) is 23.9. The standard InChI is InChI=1S/C22H27NO4/c1-15(2)18-12-11-17(14-16(18)3)27-13-7-10-21(24)23-20-9-6-5-8-19(20)22(25)26-4/h5-6,8-9,11-12,14-15H,7,10,13H2,1-4H3,(H,23,24). The van der Waals surface area contributed by atoms with Gasteiger partial charge in [0.1, 0.15) is 5.75 Å². The van der Waals surface area contributed by atoms with Gasteiger partial charge in [-0.3, -0.25) is 4.79 Å². The minimum Gasteiger partial charge on any atom is -0.494 e. The molecule has 2 rings (SSSR count). The maximum absolute atomic E-state index is 12.1. The number of para-hydroxylation sites is 1. The molecule has 27 heavy (non-hydrogen) atoms. The van der Waals surface area contributed by atoms with E-state index in [2.05, 4.69) is 32.2 Å². The van der Waals surface area contributed by atoms with Crippen molar-refractivity contribution < 1.29 is 19.1 Å². The molecule has 0 saturated heterocycles. The highest BCUT2D eigenvalue weighted by molar-refractivity contribution is 6.01. The third kappa shape index (κ3) is 5.84. The molecule has 0 atom stereocenters. The van der Waals surface area contributed by atoms with Crippen molar-refractivity contribution in [1.82, 2.24) is 0 Å². The zero-order valence-corrected chi connectivity index (χ0v) is 16.4. The van der Waals surface area contributed by atoms with Crippen LogP contribution in [0.2, 0.25) is 0 Å². The number of hydrogen-bond acceptors (Lipinski definition) is 4. The SMILES string of the molecule is COC(=O)c1ccccc1NC(=O)CCCOc1ccc(C(C)C)c(C)c1. The van der Waals surface area contributed by atoms with Crippen molar-refractivity contribution in [1.29, 1.82) is 0 Å². The zero-order valence-electron chi connectivity index (χ0n) is 16.4. The molecule has 0 unspecified atom stereocenters. The van der Waals surface area contributed by atoms with Crippen molar-refractivity contribution in [3.8, 4) is 5.75 Å². The summed E-state index contributed by atoms with van der Waals surface area (Å²) in [5.74, 6) is 0.652. The van der Waals surface area contributed by atoms with Gasteiger partial charge in [-0.25, -0.2) is 4.79 Å². The average molecular weight is 369 g/mol. The van der Waals surface area contributed by atoms with Crippen molar-refractivity contribution in [3.05, 3.63) is 59.2 Å². The number of hydrogen-bond donors (Lipinski definition) is 1. The summed E-state index contributed by atoms with van der Waals surface area (Å²) in [6.07, 6.45) is 0.885. The molecule has 0 bridgehead atoms. The molecule has 0 aliphatic heterocycles. The molecule has 1 N–H and O–H groups in total. The first-order valence-corrected chi connectivity index (χ1v) is 9.13. The highest BCUT2D eigenvalue weighted by Gasteiger charge is 2.13. The third-order valence-electron chi connectivity index (χ3n) is 4.29. The van der Waals surface area contributed by atoms with E-state index in [0.717, 1.165) is 5.75 Å². The fourth-order valence-electron chi connectivity index (χ4n) is 2.90. The molecular formula is C22H27NO4. The Morgan fingerprint density at radius 3 is 2.52 bits per heavy atom.